The third kappa shape index (κ3) is 1.94. The van der Waals surface area contributed by atoms with Crippen LogP contribution in [0.5, 0.6) is 0 Å². The van der Waals surface area contributed by atoms with E-state index in [1.165, 1.54) is 0 Å². The Kier molecular flexibility index (Phi) is 2.69. The molecule has 0 aliphatic heterocycles. The summed E-state index contributed by atoms with van der Waals surface area (Å²) in [6, 6.07) is 7.18. The van der Waals surface area contributed by atoms with E-state index in [9.17, 15) is 0 Å². The van der Waals surface area contributed by atoms with E-state index in [0.29, 0.717) is 33.1 Å². The second-order valence-electron chi connectivity index (χ2n) is 3.74. The Hall–Kier alpha value is -1.65. The van der Waals surface area contributed by atoms with Crippen LogP contribution in [0.4, 0.5) is 0 Å². The minimum absolute atomic E-state index is 0.293. The highest BCUT2D eigenvalue weighted by Gasteiger charge is 2.13. The van der Waals surface area contributed by atoms with Crippen LogP contribution in [-0.4, -0.2) is 15.0 Å². The molecule has 0 unspecified atom stereocenters. The van der Waals surface area contributed by atoms with E-state index in [2.05, 4.69) is 15.0 Å². The van der Waals surface area contributed by atoms with Gasteiger partial charge in [-0.3, -0.25) is 0 Å². The van der Waals surface area contributed by atoms with Gasteiger partial charge < -0.3 is 4.42 Å². The monoisotopic (exact) mass is 279 g/mol. The van der Waals surface area contributed by atoms with Crippen LogP contribution in [0, 0.1) is 6.92 Å². The maximum absolute atomic E-state index is 5.99. The lowest BCUT2D eigenvalue weighted by Crippen LogP contribution is -1.87. The van der Waals surface area contributed by atoms with Crippen molar-refractivity contribution in [2.75, 3.05) is 0 Å². The average molecular weight is 280 g/mol. The molecule has 0 atom stereocenters. The summed E-state index contributed by atoms with van der Waals surface area (Å²) in [7, 11) is 0. The molecule has 2 heterocycles. The molecule has 3 rings (SSSR count). The first kappa shape index (κ1) is 11.4. The Morgan fingerprint density at radius 3 is 2.44 bits per heavy atom. The molecule has 3 aromatic rings. The number of rotatable bonds is 1. The zero-order valence-corrected chi connectivity index (χ0v) is 10.8. The van der Waals surface area contributed by atoms with E-state index < -0.39 is 0 Å². The lowest BCUT2D eigenvalue weighted by molar-refractivity contribution is 0.605. The van der Waals surface area contributed by atoms with Crippen LogP contribution in [0.1, 0.15) is 5.82 Å². The molecule has 90 valence electrons. The molecule has 0 aliphatic carbocycles. The number of benzene rings is 1. The molecule has 0 saturated heterocycles. The van der Waals surface area contributed by atoms with E-state index in [1.807, 2.05) is 12.1 Å². The smallest absolute Gasteiger partial charge is 0.252 e. The number of aromatic nitrogens is 3. The molecule has 4 nitrogen and oxygen atoms in total. The van der Waals surface area contributed by atoms with Crippen molar-refractivity contribution in [2.24, 2.45) is 0 Å². The van der Waals surface area contributed by atoms with Crippen molar-refractivity contribution < 1.29 is 4.42 Å². The van der Waals surface area contributed by atoms with Gasteiger partial charge in [0.05, 0.1) is 0 Å². The first-order valence-electron chi connectivity index (χ1n) is 5.20. The van der Waals surface area contributed by atoms with Gasteiger partial charge in [0.2, 0.25) is 5.89 Å². The van der Waals surface area contributed by atoms with Crippen molar-refractivity contribution in [3.8, 4) is 11.5 Å². The zero-order chi connectivity index (χ0) is 12.7. The maximum Gasteiger partial charge on any atom is 0.252 e. The van der Waals surface area contributed by atoms with Gasteiger partial charge in [-0.15, -0.1) is 0 Å². The number of aryl methyl sites for hydroxylation is 1. The van der Waals surface area contributed by atoms with Crippen molar-refractivity contribution in [3.63, 3.8) is 0 Å². The third-order valence-corrected chi connectivity index (χ3v) is 2.93. The Morgan fingerprint density at radius 1 is 1.00 bits per heavy atom. The number of halogens is 2. The van der Waals surface area contributed by atoms with Gasteiger partial charge in [0.1, 0.15) is 5.82 Å². The summed E-state index contributed by atoms with van der Waals surface area (Å²) in [4.78, 5) is 12.5. The molecule has 6 heteroatoms. The molecular weight excluding hydrogens is 273 g/mol. The second kappa shape index (κ2) is 4.23. The molecule has 0 amide bonds. The van der Waals surface area contributed by atoms with Crippen LogP contribution in [0.25, 0.3) is 22.7 Å². The van der Waals surface area contributed by atoms with E-state index in [1.54, 1.807) is 19.1 Å². The third-order valence-electron chi connectivity index (χ3n) is 2.42. The Morgan fingerprint density at radius 2 is 1.72 bits per heavy atom. The van der Waals surface area contributed by atoms with Gasteiger partial charge in [-0.05, 0) is 31.2 Å². The van der Waals surface area contributed by atoms with Crippen LogP contribution >= 0.6 is 23.2 Å². The number of fused-ring (bicyclic) bond motifs is 1. The lowest BCUT2D eigenvalue weighted by Gasteiger charge is -1.93. The molecule has 0 fully saturated rings. The van der Waals surface area contributed by atoms with Crippen molar-refractivity contribution in [2.45, 2.75) is 6.92 Å². The summed E-state index contributed by atoms with van der Waals surface area (Å²) in [5.41, 5.74) is 1.66. The quantitative estimate of drug-likeness (QED) is 0.634. The molecule has 0 radical (unpaired) electrons. The highest BCUT2D eigenvalue weighted by Crippen LogP contribution is 2.27. The van der Waals surface area contributed by atoms with E-state index in [-0.39, 0.29) is 0 Å². The van der Waals surface area contributed by atoms with Crippen LogP contribution in [0.15, 0.2) is 28.7 Å². The summed E-state index contributed by atoms with van der Waals surface area (Å²) in [5, 5.41) is 0.949. The molecule has 1 aromatic carbocycles. The minimum atomic E-state index is 0.293. The summed E-state index contributed by atoms with van der Waals surface area (Å²) in [6.07, 6.45) is 0. The van der Waals surface area contributed by atoms with Crippen LogP contribution in [0.3, 0.4) is 0 Å². The Balaban J connectivity index is 2.19. The number of nitrogens with zero attached hydrogens (tertiary/aromatic N) is 3. The van der Waals surface area contributed by atoms with Crippen LogP contribution in [0.2, 0.25) is 10.2 Å². The molecule has 0 aliphatic rings. The fourth-order valence-corrected chi connectivity index (χ4v) is 1.98. The predicted molar refractivity (Wildman–Crippen MR) is 69.8 cm³/mol. The zero-order valence-electron chi connectivity index (χ0n) is 9.32. The van der Waals surface area contributed by atoms with E-state index in [0.717, 1.165) is 5.56 Å². The van der Waals surface area contributed by atoms with Gasteiger partial charge >= 0.3 is 0 Å². The van der Waals surface area contributed by atoms with Gasteiger partial charge in [-0.25, -0.2) is 9.97 Å². The standard InChI is InChI=1S/C12H7Cl2N3O/c1-6-15-10(14)9-12(16-6)18-11(17-9)7-2-4-8(13)5-3-7/h2-5H,1H3. The topological polar surface area (TPSA) is 51.8 Å². The van der Waals surface area contributed by atoms with Crippen LogP contribution < -0.4 is 0 Å². The summed E-state index contributed by atoms with van der Waals surface area (Å²) in [5.74, 6) is 0.995. The fraction of sp³-hybridized carbons (Fsp3) is 0.0833. The molecule has 2 aromatic heterocycles. The molecular formula is C12H7Cl2N3O. The van der Waals surface area contributed by atoms with E-state index in [4.69, 9.17) is 27.6 Å². The lowest BCUT2D eigenvalue weighted by atomic mass is 10.2. The number of hydrogen-bond donors (Lipinski definition) is 0. The molecule has 18 heavy (non-hydrogen) atoms. The fourth-order valence-electron chi connectivity index (χ4n) is 1.61. The number of oxazole rings is 1. The first-order chi connectivity index (χ1) is 8.63. The van der Waals surface area contributed by atoms with Crippen molar-refractivity contribution in [3.05, 3.63) is 40.3 Å². The van der Waals surface area contributed by atoms with Gasteiger partial charge in [-0.2, -0.15) is 4.98 Å². The molecule has 0 spiro atoms. The predicted octanol–water partition coefficient (Wildman–Crippen LogP) is 3.90. The van der Waals surface area contributed by atoms with Crippen molar-refractivity contribution >= 4 is 34.4 Å². The Bertz CT molecular complexity index is 722. The van der Waals surface area contributed by atoms with Gasteiger partial charge in [0.25, 0.3) is 5.71 Å². The molecule has 0 saturated carbocycles. The highest BCUT2D eigenvalue weighted by molar-refractivity contribution is 6.33. The summed E-state index contributed by atoms with van der Waals surface area (Å²) in [6.45, 7) is 1.75. The first-order valence-corrected chi connectivity index (χ1v) is 5.96. The van der Waals surface area contributed by atoms with Crippen molar-refractivity contribution in [1.29, 1.82) is 0 Å². The second-order valence-corrected chi connectivity index (χ2v) is 4.54. The average Bonchev–Trinajstić information content (AvgIpc) is 2.74. The van der Waals surface area contributed by atoms with Gasteiger partial charge in [-0.1, -0.05) is 23.2 Å². The maximum atomic E-state index is 5.99. The van der Waals surface area contributed by atoms with Gasteiger partial charge in [0, 0.05) is 10.6 Å². The SMILES string of the molecule is Cc1nc(Cl)c2nc(-c3ccc(Cl)cc3)oc2n1. The Labute approximate surface area is 113 Å². The molecule has 0 N–H and O–H groups in total. The normalized spacial score (nSPS) is 11.1. The largest absolute Gasteiger partial charge is 0.417 e. The van der Waals surface area contributed by atoms with Crippen molar-refractivity contribution in [1.82, 2.24) is 15.0 Å². The molecule has 0 bridgehead atoms. The van der Waals surface area contributed by atoms with E-state index >= 15 is 0 Å². The minimum Gasteiger partial charge on any atom is -0.417 e. The highest BCUT2D eigenvalue weighted by atomic mass is 35.5. The number of hydrogen-bond acceptors (Lipinski definition) is 4. The van der Waals surface area contributed by atoms with Crippen LogP contribution in [-0.2, 0) is 0 Å². The summed E-state index contributed by atoms with van der Waals surface area (Å²) >= 11 is 11.8. The summed E-state index contributed by atoms with van der Waals surface area (Å²) < 4.78 is 5.57. The van der Waals surface area contributed by atoms with Gasteiger partial charge in [0.15, 0.2) is 10.7 Å².